The minimum Gasteiger partial charge on any atom is -0.410 e. The van der Waals surface area contributed by atoms with Crippen LogP contribution in [0.15, 0.2) is 27.8 Å². The molecule has 0 bridgehead atoms. The lowest BCUT2D eigenvalue weighted by Crippen LogP contribution is -1.91. The lowest BCUT2D eigenvalue weighted by atomic mass is 10.2. The zero-order valence-corrected chi connectivity index (χ0v) is 10.3. The summed E-state index contributed by atoms with van der Waals surface area (Å²) >= 11 is 11.1. The van der Waals surface area contributed by atoms with Crippen LogP contribution in [0.5, 0.6) is 0 Å². The number of hydrogen-bond acceptors (Lipinski definition) is 2. The Kier molecular flexibility index (Phi) is 3.79. The standard InChI is InChI=1S/C7H4BrClINO/c8-5-1-4(7(9)11-12)2-6(10)3-5/h1-3,12H. The summed E-state index contributed by atoms with van der Waals surface area (Å²) in [4.78, 5) is 0. The Labute approximate surface area is 96.9 Å². The number of nitrogens with zero attached hydrogens (tertiary/aromatic N) is 1. The van der Waals surface area contributed by atoms with Crippen molar-refractivity contribution in [1.82, 2.24) is 0 Å². The highest BCUT2D eigenvalue weighted by atomic mass is 127. The lowest BCUT2D eigenvalue weighted by Gasteiger charge is -1.98. The molecule has 0 saturated carbocycles. The summed E-state index contributed by atoms with van der Waals surface area (Å²) in [5, 5.41) is 11.4. The fourth-order valence-corrected chi connectivity index (χ4v) is 2.43. The van der Waals surface area contributed by atoms with Gasteiger partial charge in [0.15, 0.2) is 5.17 Å². The van der Waals surface area contributed by atoms with Crippen LogP contribution in [0.2, 0.25) is 0 Å². The third-order valence-corrected chi connectivity index (χ3v) is 2.56. The summed E-state index contributed by atoms with van der Waals surface area (Å²) in [6, 6.07) is 5.54. The van der Waals surface area contributed by atoms with Gasteiger partial charge in [-0.25, -0.2) is 0 Å². The maximum absolute atomic E-state index is 8.41. The summed E-state index contributed by atoms with van der Waals surface area (Å²) in [6.07, 6.45) is 0. The van der Waals surface area contributed by atoms with E-state index in [2.05, 4.69) is 43.7 Å². The second-order valence-corrected chi connectivity index (χ2v) is 4.57. The molecule has 0 spiro atoms. The molecule has 0 aromatic heterocycles. The highest BCUT2D eigenvalue weighted by molar-refractivity contribution is 14.1. The number of benzene rings is 1. The summed E-state index contributed by atoms with van der Waals surface area (Å²) in [7, 11) is 0. The molecule has 0 aliphatic heterocycles. The summed E-state index contributed by atoms with van der Waals surface area (Å²) in [6.45, 7) is 0. The molecule has 1 aromatic carbocycles. The SMILES string of the molecule is ON=C(Cl)c1cc(Br)cc(I)c1. The van der Waals surface area contributed by atoms with Crippen molar-refractivity contribution in [3.63, 3.8) is 0 Å². The van der Waals surface area contributed by atoms with E-state index in [9.17, 15) is 0 Å². The first-order valence-electron chi connectivity index (χ1n) is 2.97. The van der Waals surface area contributed by atoms with Gasteiger partial charge in [-0.05, 0) is 40.8 Å². The molecule has 0 aliphatic rings. The van der Waals surface area contributed by atoms with E-state index in [0.717, 1.165) is 8.04 Å². The Morgan fingerprint density at radius 2 is 2.17 bits per heavy atom. The fraction of sp³-hybridized carbons (Fsp3) is 0. The third-order valence-electron chi connectivity index (χ3n) is 1.19. The molecule has 0 heterocycles. The second-order valence-electron chi connectivity index (χ2n) is 2.05. The molecular weight excluding hydrogens is 356 g/mol. The maximum atomic E-state index is 8.41. The predicted molar refractivity (Wildman–Crippen MR) is 61.0 cm³/mol. The van der Waals surface area contributed by atoms with E-state index in [1.165, 1.54) is 0 Å². The van der Waals surface area contributed by atoms with Crippen molar-refractivity contribution in [2.75, 3.05) is 0 Å². The second kappa shape index (κ2) is 4.43. The highest BCUT2D eigenvalue weighted by Crippen LogP contribution is 2.18. The lowest BCUT2D eigenvalue weighted by molar-refractivity contribution is 0.321. The van der Waals surface area contributed by atoms with E-state index in [1.54, 1.807) is 6.07 Å². The predicted octanol–water partition coefficient (Wildman–Crippen LogP) is 3.43. The number of halogens is 3. The Morgan fingerprint density at radius 1 is 1.50 bits per heavy atom. The molecule has 0 saturated heterocycles. The normalized spacial score (nSPS) is 11.8. The van der Waals surface area contributed by atoms with Gasteiger partial charge >= 0.3 is 0 Å². The monoisotopic (exact) mass is 359 g/mol. The molecule has 0 radical (unpaired) electrons. The van der Waals surface area contributed by atoms with Gasteiger partial charge < -0.3 is 5.21 Å². The van der Waals surface area contributed by atoms with Gasteiger partial charge in [0, 0.05) is 13.6 Å². The third kappa shape index (κ3) is 2.60. The van der Waals surface area contributed by atoms with Crippen molar-refractivity contribution < 1.29 is 5.21 Å². The molecule has 2 nitrogen and oxygen atoms in total. The van der Waals surface area contributed by atoms with Crippen molar-refractivity contribution in [2.24, 2.45) is 5.16 Å². The largest absolute Gasteiger partial charge is 0.410 e. The molecule has 1 aromatic rings. The molecule has 0 unspecified atom stereocenters. The van der Waals surface area contributed by atoms with E-state index >= 15 is 0 Å². The van der Waals surface area contributed by atoms with Crippen molar-refractivity contribution in [3.8, 4) is 0 Å². The highest BCUT2D eigenvalue weighted by Gasteiger charge is 2.02. The van der Waals surface area contributed by atoms with Crippen molar-refractivity contribution >= 4 is 55.3 Å². The Morgan fingerprint density at radius 3 is 2.67 bits per heavy atom. The van der Waals surface area contributed by atoms with Gasteiger partial charge in [-0.1, -0.05) is 32.7 Å². The molecule has 64 valence electrons. The number of rotatable bonds is 1. The van der Waals surface area contributed by atoms with Gasteiger partial charge in [0.2, 0.25) is 0 Å². The minimum atomic E-state index is 0.0919. The van der Waals surface area contributed by atoms with Gasteiger partial charge in [-0.15, -0.1) is 0 Å². The zero-order chi connectivity index (χ0) is 9.14. The average molecular weight is 360 g/mol. The van der Waals surface area contributed by atoms with Crippen molar-refractivity contribution in [3.05, 3.63) is 31.8 Å². The van der Waals surface area contributed by atoms with E-state index in [1.807, 2.05) is 12.1 Å². The molecule has 0 amide bonds. The summed E-state index contributed by atoms with van der Waals surface area (Å²) in [5.41, 5.74) is 0.693. The quantitative estimate of drug-likeness (QED) is 0.354. The van der Waals surface area contributed by atoms with Crippen molar-refractivity contribution in [1.29, 1.82) is 0 Å². The van der Waals surface area contributed by atoms with Crippen LogP contribution in [-0.2, 0) is 0 Å². The molecule has 1 rings (SSSR count). The first kappa shape index (κ1) is 10.3. The van der Waals surface area contributed by atoms with Crippen LogP contribution < -0.4 is 0 Å². The van der Waals surface area contributed by atoms with Crippen LogP contribution in [0.3, 0.4) is 0 Å². The Balaban J connectivity index is 3.17. The molecule has 5 heteroatoms. The van der Waals surface area contributed by atoms with Crippen LogP contribution in [0.4, 0.5) is 0 Å². The topological polar surface area (TPSA) is 32.6 Å². The first-order chi connectivity index (χ1) is 5.63. The van der Waals surface area contributed by atoms with Crippen LogP contribution >= 0.6 is 50.1 Å². The van der Waals surface area contributed by atoms with E-state index in [4.69, 9.17) is 16.8 Å². The van der Waals surface area contributed by atoms with E-state index in [-0.39, 0.29) is 5.17 Å². The van der Waals surface area contributed by atoms with Gasteiger partial charge in [-0.3, -0.25) is 0 Å². The number of oxime groups is 1. The van der Waals surface area contributed by atoms with Gasteiger partial charge in [0.05, 0.1) is 0 Å². The van der Waals surface area contributed by atoms with Gasteiger partial charge in [0.1, 0.15) is 0 Å². The smallest absolute Gasteiger partial charge is 0.175 e. The van der Waals surface area contributed by atoms with E-state index < -0.39 is 0 Å². The maximum Gasteiger partial charge on any atom is 0.175 e. The van der Waals surface area contributed by atoms with Gasteiger partial charge in [-0.2, -0.15) is 0 Å². The fourth-order valence-electron chi connectivity index (χ4n) is 0.731. The average Bonchev–Trinajstić information content (AvgIpc) is 2.01. The molecule has 0 fully saturated rings. The summed E-state index contributed by atoms with van der Waals surface area (Å²) < 4.78 is 1.94. The molecule has 12 heavy (non-hydrogen) atoms. The number of hydrogen-bond donors (Lipinski definition) is 1. The van der Waals surface area contributed by atoms with Crippen LogP contribution in [0.1, 0.15) is 5.56 Å². The van der Waals surface area contributed by atoms with Crippen LogP contribution in [0.25, 0.3) is 0 Å². The Bertz CT molecular complexity index is 309. The van der Waals surface area contributed by atoms with E-state index in [0.29, 0.717) is 5.56 Å². The molecule has 0 atom stereocenters. The minimum absolute atomic E-state index is 0.0919. The first-order valence-corrected chi connectivity index (χ1v) is 5.22. The van der Waals surface area contributed by atoms with Gasteiger partial charge in [0.25, 0.3) is 0 Å². The van der Waals surface area contributed by atoms with Crippen LogP contribution in [-0.4, -0.2) is 10.4 Å². The molecular formula is C7H4BrClINO. The Hall–Kier alpha value is 0.190. The summed E-state index contributed by atoms with van der Waals surface area (Å²) in [5.74, 6) is 0. The van der Waals surface area contributed by atoms with Crippen LogP contribution in [0, 0.1) is 3.57 Å². The molecule has 1 N–H and O–H groups in total. The van der Waals surface area contributed by atoms with Crippen molar-refractivity contribution in [2.45, 2.75) is 0 Å². The molecule has 0 aliphatic carbocycles. The zero-order valence-electron chi connectivity index (χ0n) is 5.76.